The summed E-state index contributed by atoms with van der Waals surface area (Å²) in [5.41, 5.74) is 2.26. The Kier molecular flexibility index (Phi) is 4.04. The Morgan fingerprint density at radius 3 is 3.00 bits per heavy atom. The number of nitrogens with zero attached hydrogens (tertiary/aromatic N) is 4. The van der Waals surface area contributed by atoms with E-state index >= 15 is 0 Å². The van der Waals surface area contributed by atoms with E-state index in [1.165, 1.54) is 0 Å². The molecular formula is C16H16F3N5O2. The maximum absolute atomic E-state index is 12.1. The molecule has 10 heteroatoms. The van der Waals surface area contributed by atoms with Gasteiger partial charge in [0.05, 0.1) is 17.8 Å². The molecular weight excluding hydrogens is 351 g/mol. The first kappa shape index (κ1) is 16.8. The number of H-pyrrole nitrogens is 1. The van der Waals surface area contributed by atoms with Crippen LogP contribution in [0.1, 0.15) is 31.7 Å². The van der Waals surface area contributed by atoms with Gasteiger partial charge in [-0.25, -0.2) is 15.2 Å². The molecule has 0 amide bonds. The van der Waals surface area contributed by atoms with Crippen molar-refractivity contribution in [2.45, 2.75) is 37.9 Å². The van der Waals surface area contributed by atoms with Crippen molar-refractivity contribution in [1.82, 2.24) is 25.0 Å². The number of nitrogens with one attached hydrogen (secondary N) is 1. The van der Waals surface area contributed by atoms with Crippen LogP contribution in [0, 0.1) is 5.92 Å². The number of carbonyl (C=O) groups excluding carboxylic acids is 1. The molecule has 0 aliphatic heterocycles. The van der Waals surface area contributed by atoms with Gasteiger partial charge in [0.2, 0.25) is 0 Å². The minimum Gasteiger partial charge on any atom is -0.456 e. The van der Waals surface area contributed by atoms with Gasteiger partial charge in [0.15, 0.2) is 12.3 Å². The van der Waals surface area contributed by atoms with Gasteiger partial charge in [0, 0.05) is 18.0 Å². The number of esters is 1. The van der Waals surface area contributed by atoms with E-state index in [1.54, 1.807) is 12.4 Å². The maximum atomic E-state index is 12.1. The van der Waals surface area contributed by atoms with Gasteiger partial charge in [-0.3, -0.25) is 9.48 Å². The molecule has 4 rings (SSSR count). The zero-order valence-electron chi connectivity index (χ0n) is 13.7. The maximum Gasteiger partial charge on any atom is 0.422 e. The smallest absolute Gasteiger partial charge is 0.422 e. The van der Waals surface area contributed by atoms with Gasteiger partial charge < -0.3 is 4.74 Å². The Labute approximate surface area is 145 Å². The lowest BCUT2D eigenvalue weighted by Crippen LogP contribution is -2.21. The molecule has 0 spiro atoms. The lowest BCUT2D eigenvalue weighted by molar-refractivity contribution is -0.186. The number of ether oxygens (including phenoxy) is 1. The molecule has 7 nitrogen and oxygen atoms in total. The van der Waals surface area contributed by atoms with Crippen LogP contribution in [0.25, 0.3) is 22.1 Å². The second-order valence-electron chi connectivity index (χ2n) is 6.57. The quantitative estimate of drug-likeness (QED) is 0.716. The summed E-state index contributed by atoms with van der Waals surface area (Å²) in [6, 6.07) is 1.96. The SMILES string of the molecule is O=C(CC1CCC(n2[nH]nc3cnc4nccc4c32)C1)OCC(F)(F)F. The molecule has 1 saturated carbocycles. The minimum absolute atomic E-state index is 0.00584. The van der Waals surface area contributed by atoms with E-state index in [4.69, 9.17) is 0 Å². The molecule has 138 valence electrons. The fourth-order valence-electron chi connectivity index (χ4n) is 3.62. The summed E-state index contributed by atoms with van der Waals surface area (Å²) in [7, 11) is 0. The van der Waals surface area contributed by atoms with E-state index in [0.29, 0.717) is 12.1 Å². The molecule has 3 aromatic rings. The van der Waals surface area contributed by atoms with E-state index in [9.17, 15) is 18.0 Å². The number of rotatable bonds is 4. The Bertz CT molecular complexity index is 948. The van der Waals surface area contributed by atoms with Gasteiger partial charge in [-0.1, -0.05) is 0 Å². The van der Waals surface area contributed by atoms with Crippen molar-refractivity contribution in [1.29, 1.82) is 0 Å². The van der Waals surface area contributed by atoms with Crippen molar-refractivity contribution in [3.8, 4) is 0 Å². The van der Waals surface area contributed by atoms with Crippen molar-refractivity contribution in [3.05, 3.63) is 18.5 Å². The van der Waals surface area contributed by atoms with Crippen LogP contribution in [-0.4, -0.2) is 43.7 Å². The molecule has 3 heterocycles. The van der Waals surface area contributed by atoms with Crippen LogP contribution >= 0.6 is 0 Å². The molecule has 1 fully saturated rings. The Balaban J connectivity index is 1.47. The van der Waals surface area contributed by atoms with Crippen molar-refractivity contribution in [2.75, 3.05) is 6.61 Å². The molecule has 3 aromatic heterocycles. The highest BCUT2D eigenvalue weighted by molar-refractivity contribution is 6.00. The van der Waals surface area contributed by atoms with Crippen LogP contribution in [0.15, 0.2) is 18.5 Å². The van der Waals surface area contributed by atoms with Gasteiger partial charge in [-0.2, -0.15) is 18.3 Å². The molecule has 0 radical (unpaired) electrons. The Hall–Kier alpha value is -2.65. The molecule has 26 heavy (non-hydrogen) atoms. The van der Waals surface area contributed by atoms with Crippen molar-refractivity contribution in [2.24, 2.45) is 5.92 Å². The molecule has 1 N–H and O–H groups in total. The van der Waals surface area contributed by atoms with Crippen LogP contribution < -0.4 is 0 Å². The zero-order valence-corrected chi connectivity index (χ0v) is 13.7. The van der Waals surface area contributed by atoms with Crippen LogP contribution in [0.5, 0.6) is 0 Å². The number of fused-ring (bicyclic) bond motifs is 3. The molecule has 2 unspecified atom stereocenters. The number of carbonyl (C=O) groups is 1. The average Bonchev–Trinajstić information content (AvgIpc) is 3.29. The van der Waals surface area contributed by atoms with E-state index in [0.717, 1.165) is 29.3 Å². The highest BCUT2D eigenvalue weighted by atomic mass is 19.4. The third-order valence-electron chi connectivity index (χ3n) is 4.74. The topological polar surface area (TPSA) is 85.7 Å². The van der Waals surface area contributed by atoms with E-state index in [1.807, 2.05) is 10.7 Å². The first-order chi connectivity index (χ1) is 12.4. The molecule has 1 aliphatic rings. The van der Waals surface area contributed by atoms with E-state index < -0.39 is 18.8 Å². The summed E-state index contributed by atoms with van der Waals surface area (Å²) < 4.78 is 42.6. The molecule has 1 aliphatic carbocycles. The highest BCUT2D eigenvalue weighted by Gasteiger charge is 2.32. The summed E-state index contributed by atoms with van der Waals surface area (Å²) >= 11 is 0. The van der Waals surface area contributed by atoms with Gasteiger partial charge in [-0.15, -0.1) is 0 Å². The predicted octanol–water partition coefficient (Wildman–Crippen LogP) is 3.14. The Morgan fingerprint density at radius 2 is 2.19 bits per heavy atom. The highest BCUT2D eigenvalue weighted by Crippen LogP contribution is 2.38. The second kappa shape index (κ2) is 6.26. The first-order valence-corrected chi connectivity index (χ1v) is 8.29. The lowest BCUT2D eigenvalue weighted by atomic mass is 10.0. The van der Waals surface area contributed by atoms with E-state index in [2.05, 4.69) is 25.0 Å². The summed E-state index contributed by atoms with van der Waals surface area (Å²) in [4.78, 5) is 20.1. The number of alkyl halides is 3. The standard InChI is InChI=1S/C16H16F3N5O2/c17-16(18,19)8-26-13(25)6-9-1-2-10(5-9)24-14-11-3-4-20-15(11)21-7-12(14)22-23-24/h3-4,7,9-10,23H,1-2,5-6,8H2. The van der Waals surface area contributed by atoms with Gasteiger partial charge in [-0.05, 0) is 31.2 Å². The summed E-state index contributed by atoms with van der Waals surface area (Å²) in [5, 5.41) is 8.15. The van der Waals surface area contributed by atoms with Gasteiger partial charge >= 0.3 is 12.1 Å². The van der Waals surface area contributed by atoms with E-state index in [-0.39, 0.29) is 18.4 Å². The minimum atomic E-state index is -4.49. The summed E-state index contributed by atoms with van der Waals surface area (Å²) in [5.74, 6) is -0.819. The monoisotopic (exact) mass is 367 g/mol. The van der Waals surface area contributed by atoms with Crippen molar-refractivity contribution in [3.63, 3.8) is 0 Å². The number of aromatic nitrogens is 5. The van der Waals surface area contributed by atoms with Crippen LogP contribution in [-0.2, 0) is 9.53 Å². The van der Waals surface area contributed by atoms with Crippen LogP contribution in [0.3, 0.4) is 0 Å². The van der Waals surface area contributed by atoms with Crippen LogP contribution in [0.4, 0.5) is 13.2 Å². The fraction of sp³-hybridized carbons (Fsp3) is 0.500. The molecule has 0 saturated heterocycles. The number of aromatic amines is 1. The average molecular weight is 367 g/mol. The van der Waals surface area contributed by atoms with Crippen molar-refractivity contribution < 1.29 is 22.7 Å². The number of hydrogen-bond acceptors (Lipinski definition) is 5. The second-order valence-corrected chi connectivity index (χ2v) is 6.57. The molecule has 2 atom stereocenters. The zero-order chi connectivity index (χ0) is 18.3. The summed E-state index contributed by atoms with van der Waals surface area (Å²) in [6.45, 7) is -1.53. The number of pyridine rings is 1. The third kappa shape index (κ3) is 3.23. The molecule has 0 bridgehead atoms. The van der Waals surface area contributed by atoms with Crippen molar-refractivity contribution >= 4 is 28.0 Å². The largest absolute Gasteiger partial charge is 0.456 e. The predicted molar refractivity (Wildman–Crippen MR) is 85.2 cm³/mol. The first-order valence-electron chi connectivity index (χ1n) is 8.29. The third-order valence-corrected chi connectivity index (χ3v) is 4.74. The van der Waals surface area contributed by atoms with Crippen LogP contribution in [0.2, 0.25) is 0 Å². The van der Waals surface area contributed by atoms with Gasteiger partial charge in [0.1, 0.15) is 5.52 Å². The fourth-order valence-corrected chi connectivity index (χ4v) is 3.62. The molecule has 0 aromatic carbocycles. The Morgan fingerprint density at radius 1 is 1.35 bits per heavy atom. The lowest BCUT2D eigenvalue weighted by Gasteiger charge is -2.14. The normalized spacial score (nSPS) is 20.9. The summed E-state index contributed by atoms with van der Waals surface area (Å²) in [6.07, 6.45) is 1.05. The van der Waals surface area contributed by atoms with Gasteiger partial charge in [0.25, 0.3) is 0 Å². The number of hydrogen-bond donors (Lipinski definition) is 1. The number of halogens is 3.